The molecule has 6 nitrogen and oxygen atoms in total. The van der Waals surface area contributed by atoms with E-state index in [1.165, 1.54) is 12.1 Å². The fraction of sp³-hybridized carbons (Fsp3) is 0.409. The third-order valence-electron chi connectivity index (χ3n) is 5.11. The van der Waals surface area contributed by atoms with Crippen LogP contribution in [0.5, 0.6) is 0 Å². The molecule has 29 heavy (non-hydrogen) atoms. The number of anilines is 1. The van der Waals surface area contributed by atoms with Crippen LogP contribution in [0.15, 0.2) is 48.8 Å². The van der Waals surface area contributed by atoms with Crippen LogP contribution in [0.4, 0.5) is 14.9 Å². The van der Waals surface area contributed by atoms with Gasteiger partial charge in [-0.15, -0.1) is 0 Å². The highest BCUT2D eigenvalue weighted by Crippen LogP contribution is 2.22. The zero-order chi connectivity index (χ0) is 20.6. The number of hydrogen-bond donors (Lipinski definition) is 2. The van der Waals surface area contributed by atoms with E-state index in [9.17, 15) is 14.0 Å². The van der Waals surface area contributed by atoms with Gasteiger partial charge in [0.15, 0.2) is 0 Å². The van der Waals surface area contributed by atoms with Gasteiger partial charge in [-0.1, -0.05) is 12.1 Å². The second kappa shape index (κ2) is 10.0. The van der Waals surface area contributed by atoms with Crippen LogP contribution >= 0.6 is 0 Å². The second-order valence-electron chi connectivity index (χ2n) is 7.62. The van der Waals surface area contributed by atoms with E-state index in [0.29, 0.717) is 18.2 Å². The molecule has 1 fully saturated rings. The first-order valence-electron chi connectivity index (χ1n) is 9.99. The Hall–Kier alpha value is -2.96. The SMILES string of the molecule is CC(CC(=O)N1CCCC(Cc2ccc(F)cc2)C1)NC(=O)Nc1ccncc1. The average Bonchev–Trinajstić information content (AvgIpc) is 2.70. The van der Waals surface area contributed by atoms with Crippen molar-refractivity contribution >= 4 is 17.6 Å². The molecule has 1 aromatic carbocycles. The third kappa shape index (κ3) is 6.55. The molecule has 3 rings (SSSR count). The molecule has 7 heteroatoms. The fourth-order valence-electron chi connectivity index (χ4n) is 3.68. The summed E-state index contributed by atoms with van der Waals surface area (Å²) in [5.41, 5.74) is 1.74. The van der Waals surface area contributed by atoms with Crippen LogP contribution in [0.2, 0.25) is 0 Å². The van der Waals surface area contributed by atoms with Gasteiger partial charge < -0.3 is 15.5 Å². The number of hydrogen-bond acceptors (Lipinski definition) is 3. The first kappa shape index (κ1) is 20.8. The summed E-state index contributed by atoms with van der Waals surface area (Å²) in [5.74, 6) is 0.186. The lowest BCUT2D eigenvalue weighted by Crippen LogP contribution is -2.44. The number of urea groups is 1. The summed E-state index contributed by atoms with van der Waals surface area (Å²) in [5, 5.41) is 5.52. The van der Waals surface area contributed by atoms with Gasteiger partial charge in [0.05, 0.1) is 0 Å². The Morgan fingerprint density at radius 1 is 1.21 bits per heavy atom. The van der Waals surface area contributed by atoms with Crippen LogP contribution in [-0.2, 0) is 11.2 Å². The van der Waals surface area contributed by atoms with Crippen molar-refractivity contribution in [1.29, 1.82) is 0 Å². The van der Waals surface area contributed by atoms with Gasteiger partial charge >= 0.3 is 6.03 Å². The van der Waals surface area contributed by atoms with Crippen molar-refractivity contribution in [2.24, 2.45) is 5.92 Å². The average molecular weight is 398 g/mol. The maximum Gasteiger partial charge on any atom is 0.319 e. The van der Waals surface area contributed by atoms with Gasteiger partial charge in [0.2, 0.25) is 5.91 Å². The predicted molar refractivity (Wildman–Crippen MR) is 110 cm³/mol. The highest BCUT2D eigenvalue weighted by atomic mass is 19.1. The Morgan fingerprint density at radius 2 is 1.93 bits per heavy atom. The van der Waals surface area contributed by atoms with E-state index in [-0.39, 0.29) is 30.2 Å². The number of aromatic nitrogens is 1. The topological polar surface area (TPSA) is 74.3 Å². The molecule has 154 valence electrons. The lowest BCUT2D eigenvalue weighted by molar-refractivity contribution is -0.133. The fourth-order valence-corrected chi connectivity index (χ4v) is 3.68. The molecule has 2 heterocycles. The molecule has 0 saturated carbocycles. The van der Waals surface area contributed by atoms with Gasteiger partial charge in [-0.2, -0.15) is 0 Å². The summed E-state index contributed by atoms with van der Waals surface area (Å²) in [6.07, 6.45) is 6.31. The summed E-state index contributed by atoms with van der Waals surface area (Å²) in [6.45, 7) is 3.27. The van der Waals surface area contributed by atoms with Gasteiger partial charge in [0, 0.05) is 43.6 Å². The number of amides is 3. The molecule has 2 unspecified atom stereocenters. The zero-order valence-electron chi connectivity index (χ0n) is 16.6. The smallest absolute Gasteiger partial charge is 0.319 e. The number of carbonyl (C=O) groups is 2. The van der Waals surface area contributed by atoms with Crippen molar-refractivity contribution in [3.63, 3.8) is 0 Å². The molecule has 3 amide bonds. The van der Waals surface area contributed by atoms with Crippen LogP contribution in [0.1, 0.15) is 31.7 Å². The van der Waals surface area contributed by atoms with Gasteiger partial charge in [-0.25, -0.2) is 9.18 Å². The van der Waals surface area contributed by atoms with E-state index in [0.717, 1.165) is 31.4 Å². The molecular weight excluding hydrogens is 371 g/mol. The van der Waals surface area contributed by atoms with E-state index < -0.39 is 0 Å². The molecule has 0 bridgehead atoms. The number of likely N-dealkylation sites (tertiary alicyclic amines) is 1. The third-order valence-corrected chi connectivity index (χ3v) is 5.11. The summed E-state index contributed by atoms with van der Waals surface area (Å²) < 4.78 is 13.1. The highest BCUT2D eigenvalue weighted by Gasteiger charge is 2.25. The van der Waals surface area contributed by atoms with Crippen molar-refractivity contribution in [3.8, 4) is 0 Å². The molecule has 1 aliphatic rings. The van der Waals surface area contributed by atoms with Crippen LogP contribution in [0.25, 0.3) is 0 Å². The lowest BCUT2D eigenvalue weighted by atomic mass is 9.91. The number of benzene rings is 1. The Bertz CT molecular complexity index is 813. The Balaban J connectivity index is 1.45. The Kier molecular flexibility index (Phi) is 7.16. The quantitative estimate of drug-likeness (QED) is 0.781. The molecular formula is C22H27FN4O2. The van der Waals surface area contributed by atoms with E-state index in [4.69, 9.17) is 0 Å². The normalized spacial score (nSPS) is 17.4. The number of carbonyl (C=O) groups excluding carboxylic acids is 2. The van der Waals surface area contributed by atoms with E-state index in [2.05, 4.69) is 15.6 Å². The van der Waals surface area contributed by atoms with Crippen LogP contribution in [-0.4, -0.2) is 41.0 Å². The first-order valence-corrected chi connectivity index (χ1v) is 9.99. The zero-order valence-corrected chi connectivity index (χ0v) is 16.6. The monoisotopic (exact) mass is 398 g/mol. The van der Waals surface area contributed by atoms with E-state index >= 15 is 0 Å². The Labute approximate surface area is 170 Å². The van der Waals surface area contributed by atoms with Crippen molar-refractivity contribution in [2.45, 2.75) is 38.6 Å². The van der Waals surface area contributed by atoms with Gasteiger partial charge in [0.1, 0.15) is 5.82 Å². The maximum absolute atomic E-state index is 13.1. The number of piperidine rings is 1. The summed E-state index contributed by atoms with van der Waals surface area (Å²) in [4.78, 5) is 30.5. The van der Waals surface area contributed by atoms with Gasteiger partial charge in [-0.3, -0.25) is 9.78 Å². The Morgan fingerprint density at radius 3 is 2.66 bits per heavy atom. The molecule has 2 N–H and O–H groups in total. The molecule has 1 aromatic heterocycles. The molecule has 0 spiro atoms. The summed E-state index contributed by atoms with van der Waals surface area (Å²) in [6, 6.07) is 9.35. The van der Waals surface area contributed by atoms with E-state index in [1.807, 2.05) is 24.0 Å². The number of pyridine rings is 1. The number of rotatable bonds is 6. The second-order valence-corrected chi connectivity index (χ2v) is 7.62. The minimum Gasteiger partial charge on any atom is -0.342 e. The molecule has 0 aliphatic carbocycles. The summed E-state index contributed by atoms with van der Waals surface area (Å²) in [7, 11) is 0. The molecule has 0 radical (unpaired) electrons. The largest absolute Gasteiger partial charge is 0.342 e. The van der Waals surface area contributed by atoms with Crippen molar-refractivity contribution in [3.05, 3.63) is 60.2 Å². The number of nitrogens with zero attached hydrogens (tertiary/aromatic N) is 2. The minimum atomic E-state index is -0.343. The van der Waals surface area contributed by atoms with Crippen molar-refractivity contribution in [2.75, 3.05) is 18.4 Å². The summed E-state index contributed by atoms with van der Waals surface area (Å²) >= 11 is 0. The minimum absolute atomic E-state index is 0.0468. The van der Waals surface area contributed by atoms with Crippen LogP contribution < -0.4 is 10.6 Å². The lowest BCUT2D eigenvalue weighted by Gasteiger charge is -2.33. The molecule has 1 saturated heterocycles. The van der Waals surface area contributed by atoms with Crippen LogP contribution in [0, 0.1) is 11.7 Å². The molecule has 1 aliphatic heterocycles. The first-order chi connectivity index (χ1) is 14.0. The van der Waals surface area contributed by atoms with Crippen LogP contribution in [0.3, 0.4) is 0 Å². The number of halogens is 1. The van der Waals surface area contributed by atoms with E-state index in [1.54, 1.807) is 24.5 Å². The van der Waals surface area contributed by atoms with Gasteiger partial charge in [0.25, 0.3) is 0 Å². The standard InChI is InChI=1S/C22H27FN4O2/c1-16(25-22(29)26-20-8-10-24-11-9-20)13-21(28)27-12-2-3-18(15-27)14-17-4-6-19(23)7-5-17/h4-11,16,18H,2-3,12-15H2,1H3,(H2,24,25,26,29). The predicted octanol–water partition coefficient (Wildman–Crippen LogP) is 3.60. The highest BCUT2D eigenvalue weighted by molar-refractivity contribution is 5.89. The molecule has 2 aromatic rings. The number of nitrogens with one attached hydrogen (secondary N) is 2. The maximum atomic E-state index is 13.1. The van der Waals surface area contributed by atoms with Gasteiger partial charge in [-0.05, 0) is 61.9 Å². The van der Waals surface area contributed by atoms with Crippen molar-refractivity contribution in [1.82, 2.24) is 15.2 Å². The molecule has 2 atom stereocenters. The van der Waals surface area contributed by atoms with Crippen molar-refractivity contribution < 1.29 is 14.0 Å².